The molecule has 0 radical (unpaired) electrons. The number of carboxylic acid groups (broad SMARTS) is 1. The molecule has 22 heavy (non-hydrogen) atoms. The van der Waals surface area contributed by atoms with Crippen LogP contribution in [0.2, 0.25) is 0 Å². The van der Waals surface area contributed by atoms with E-state index in [4.69, 9.17) is 19.3 Å². The Hall–Kier alpha value is -2.28. The van der Waals surface area contributed by atoms with Crippen LogP contribution in [-0.2, 0) is 14.3 Å². The summed E-state index contributed by atoms with van der Waals surface area (Å²) in [5.74, 6) is -0.613. The molecule has 1 heterocycles. The van der Waals surface area contributed by atoms with Crippen LogP contribution in [0.3, 0.4) is 0 Å². The molecule has 0 spiro atoms. The fourth-order valence-corrected chi connectivity index (χ4v) is 2.15. The molecular formula is C15H19NO6. The molecule has 7 heteroatoms. The number of benzene rings is 1. The third-order valence-electron chi connectivity index (χ3n) is 3.33. The van der Waals surface area contributed by atoms with Gasteiger partial charge in [0.15, 0.2) is 11.5 Å². The molecule has 1 aliphatic heterocycles. The van der Waals surface area contributed by atoms with E-state index in [1.165, 1.54) is 7.11 Å². The number of carbonyl (C=O) groups excluding carboxylic acids is 1. The van der Waals surface area contributed by atoms with Crippen LogP contribution in [0.25, 0.3) is 0 Å². The fraction of sp³-hybridized carbons (Fsp3) is 0.467. The van der Waals surface area contributed by atoms with Crippen LogP contribution < -0.4 is 14.8 Å². The summed E-state index contributed by atoms with van der Waals surface area (Å²) in [4.78, 5) is 23.4. The molecule has 0 fully saturated rings. The van der Waals surface area contributed by atoms with Crippen molar-refractivity contribution >= 4 is 11.9 Å². The van der Waals surface area contributed by atoms with E-state index in [2.05, 4.69) is 5.32 Å². The van der Waals surface area contributed by atoms with Crippen molar-refractivity contribution in [2.75, 3.05) is 13.7 Å². The van der Waals surface area contributed by atoms with E-state index >= 15 is 0 Å². The lowest BCUT2D eigenvalue weighted by molar-refractivity contribution is -0.145. The molecule has 3 unspecified atom stereocenters. The Balaban J connectivity index is 2.04. The number of methoxy groups -OCH3 is 1. The first-order chi connectivity index (χ1) is 10.5. The van der Waals surface area contributed by atoms with E-state index in [1.54, 1.807) is 31.2 Å². The predicted octanol–water partition coefficient (Wildman–Crippen LogP) is 0.821. The highest BCUT2D eigenvalue weighted by Gasteiger charge is 2.35. The Labute approximate surface area is 128 Å². The van der Waals surface area contributed by atoms with Crippen LogP contribution in [0.1, 0.15) is 13.3 Å². The van der Waals surface area contributed by atoms with Crippen molar-refractivity contribution in [3.8, 4) is 11.5 Å². The number of nitrogens with one attached hydrogen (secondary N) is 1. The van der Waals surface area contributed by atoms with Gasteiger partial charge < -0.3 is 24.6 Å². The van der Waals surface area contributed by atoms with Crippen LogP contribution >= 0.6 is 0 Å². The lowest BCUT2D eigenvalue weighted by Crippen LogP contribution is -2.53. The summed E-state index contributed by atoms with van der Waals surface area (Å²) in [7, 11) is 1.47. The van der Waals surface area contributed by atoms with Crippen LogP contribution in [0.15, 0.2) is 24.3 Å². The standard InChI is InChI=1S/C15H19NO6/c1-9-13(22-12-6-4-3-5-11(12)21-9)14(17)16-10(15(18)19)7-8-20-2/h3-6,9-10,13H,7-8H2,1-2H3,(H,16,17)(H,18,19). The number of carboxylic acids is 1. The second-order valence-electron chi connectivity index (χ2n) is 4.99. The lowest BCUT2D eigenvalue weighted by atomic mass is 10.1. The zero-order valence-electron chi connectivity index (χ0n) is 12.4. The highest BCUT2D eigenvalue weighted by atomic mass is 16.6. The van der Waals surface area contributed by atoms with Crippen molar-refractivity contribution in [3.05, 3.63) is 24.3 Å². The van der Waals surface area contributed by atoms with Crippen LogP contribution in [0, 0.1) is 0 Å². The van der Waals surface area contributed by atoms with E-state index in [0.29, 0.717) is 11.5 Å². The molecule has 120 valence electrons. The molecule has 0 saturated heterocycles. The van der Waals surface area contributed by atoms with Crippen LogP contribution in [0.5, 0.6) is 11.5 Å². The van der Waals surface area contributed by atoms with E-state index in [-0.39, 0.29) is 13.0 Å². The fourth-order valence-electron chi connectivity index (χ4n) is 2.15. The Morgan fingerprint density at radius 3 is 2.55 bits per heavy atom. The van der Waals surface area contributed by atoms with Gasteiger partial charge in [0.2, 0.25) is 6.10 Å². The summed E-state index contributed by atoms with van der Waals surface area (Å²) >= 11 is 0. The third kappa shape index (κ3) is 3.67. The lowest BCUT2D eigenvalue weighted by Gasteiger charge is -2.31. The quantitative estimate of drug-likeness (QED) is 0.808. The maximum Gasteiger partial charge on any atom is 0.326 e. The maximum atomic E-state index is 12.3. The summed E-state index contributed by atoms with van der Waals surface area (Å²) in [5, 5.41) is 11.6. The number of para-hydroxylation sites is 2. The van der Waals surface area contributed by atoms with E-state index in [1.807, 2.05) is 0 Å². The Kier molecular flexibility index (Phi) is 5.21. The Bertz CT molecular complexity index is 547. The number of aliphatic carboxylic acids is 1. The molecule has 1 aromatic rings. The van der Waals surface area contributed by atoms with Gasteiger partial charge in [-0.25, -0.2) is 4.79 Å². The van der Waals surface area contributed by atoms with E-state index < -0.39 is 30.1 Å². The Morgan fingerprint density at radius 2 is 1.95 bits per heavy atom. The first-order valence-electron chi connectivity index (χ1n) is 6.97. The summed E-state index contributed by atoms with van der Waals surface area (Å²) in [6, 6.07) is 5.99. The van der Waals surface area contributed by atoms with Crippen molar-refractivity contribution < 1.29 is 28.9 Å². The van der Waals surface area contributed by atoms with Crippen molar-refractivity contribution in [1.29, 1.82) is 0 Å². The van der Waals surface area contributed by atoms with Gasteiger partial charge in [-0.2, -0.15) is 0 Å². The van der Waals surface area contributed by atoms with Crippen molar-refractivity contribution in [2.24, 2.45) is 0 Å². The minimum absolute atomic E-state index is 0.177. The number of hydrogen-bond acceptors (Lipinski definition) is 5. The molecule has 1 aromatic carbocycles. The summed E-state index contributed by atoms with van der Waals surface area (Å²) < 4.78 is 16.1. The van der Waals surface area contributed by atoms with Crippen molar-refractivity contribution in [1.82, 2.24) is 5.32 Å². The van der Waals surface area contributed by atoms with Crippen molar-refractivity contribution in [2.45, 2.75) is 31.6 Å². The molecule has 2 N–H and O–H groups in total. The first kappa shape index (κ1) is 16.1. The van der Waals surface area contributed by atoms with Crippen molar-refractivity contribution in [3.63, 3.8) is 0 Å². The van der Waals surface area contributed by atoms with Gasteiger partial charge in [0, 0.05) is 20.1 Å². The topological polar surface area (TPSA) is 94.1 Å². The summed E-state index contributed by atoms with van der Waals surface area (Å²) in [5.41, 5.74) is 0. The SMILES string of the molecule is COCCC(NC(=O)C1Oc2ccccc2OC1C)C(=O)O. The number of ether oxygens (including phenoxy) is 3. The molecule has 0 aliphatic carbocycles. The third-order valence-corrected chi connectivity index (χ3v) is 3.33. The number of carbonyl (C=O) groups is 2. The Morgan fingerprint density at radius 1 is 1.32 bits per heavy atom. The molecule has 0 saturated carbocycles. The van der Waals surface area contributed by atoms with Gasteiger partial charge in [0.25, 0.3) is 5.91 Å². The highest BCUT2D eigenvalue weighted by molar-refractivity contribution is 5.87. The second kappa shape index (κ2) is 7.13. The smallest absolute Gasteiger partial charge is 0.326 e. The number of amides is 1. The number of rotatable bonds is 6. The average Bonchev–Trinajstić information content (AvgIpc) is 2.50. The molecule has 0 aromatic heterocycles. The molecule has 3 atom stereocenters. The molecule has 1 amide bonds. The second-order valence-corrected chi connectivity index (χ2v) is 4.99. The maximum absolute atomic E-state index is 12.3. The minimum Gasteiger partial charge on any atom is -0.482 e. The normalized spacial score (nSPS) is 21.0. The predicted molar refractivity (Wildman–Crippen MR) is 77.0 cm³/mol. The molecule has 0 bridgehead atoms. The molecule has 2 rings (SSSR count). The summed E-state index contributed by atoms with van der Waals surface area (Å²) in [6.45, 7) is 1.93. The van der Waals surface area contributed by atoms with Gasteiger partial charge in [0.1, 0.15) is 12.1 Å². The van der Waals surface area contributed by atoms with Gasteiger partial charge in [-0.1, -0.05) is 12.1 Å². The van der Waals surface area contributed by atoms with Gasteiger partial charge in [-0.05, 0) is 19.1 Å². The van der Waals surface area contributed by atoms with Gasteiger partial charge >= 0.3 is 5.97 Å². The number of fused-ring (bicyclic) bond motifs is 1. The van der Waals surface area contributed by atoms with Gasteiger partial charge in [0.05, 0.1) is 0 Å². The van der Waals surface area contributed by atoms with Crippen LogP contribution in [0.4, 0.5) is 0 Å². The van der Waals surface area contributed by atoms with E-state index in [9.17, 15) is 9.59 Å². The number of hydrogen-bond donors (Lipinski definition) is 2. The molecule has 1 aliphatic rings. The summed E-state index contributed by atoms with van der Waals surface area (Å²) in [6.07, 6.45) is -1.25. The largest absolute Gasteiger partial charge is 0.482 e. The van der Waals surface area contributed by atoms with Gasteiger partial charge in [-0.3, -0.25) is 4.79 Å². The monoisotopic (exact) mass is 309 g/mol. The first-order valence-corrected chi connectivity index (χ1v) is 6.97. The molecular weight excluding hydrogens is 290 g/mol. The zero-order valence-corrected chi connectivity index (χ0v) is 12.4. The van der Waals surface area contributed by atoms with E-state index in [0.717, 1.165) is 0 Å². The minimum atomic E-state index is -1.12. The molecule has 7 nitrogen and oxygen atoms in total. The van der Waals surface area contributed by atoms with Gasteiger partial charge in [-0.15, -0.1) is 0 Å². The zero-order chi connectivity index (χ0) is 16.1. The average molecular weight is 309 g/mol. The highest BCUT2D eigenvalue weighted by Crippen LogP contribution is 2.33. The van der Waals surface area contributed by atoms with Crippen LogP contribution in [-0.4, -0.2) is 48.9 Å².